The van der Waals surface area contributed by atoms with Crippen LogP contribution in [0.5, 0.6) is 11.5 Å². The predicted octanol–water partition coefficient (Wildman–Crippen LogP) is -2.09. The lowest BCUT2D eigenvalue weighted by molar-refractivity contribution is -0.147. The number of anilines is 1. The van der Waals surface area contributed by atoms with E-state index in [-0.39, 0.29) is 55.3 Å². The molecule has 3 aromatic carbocycles. The topological polar surface area (TPSA) is 421 Å². The number of piperazine rings is 1. The number of aliphatic hydroxyl groups excluding tert-OH is 6. The summed E-state index contributed by atoms with van der Waals surface area (Å²) < 4.78 is 5.52. The van der Waals surface area contributed by atoms with Crippen LogP contribution in [-0.4, -0.2) is 246 Å². The number of phenols is 1. The van der Waals surface area contributed by atoms with Gasteiger partial charge in [-0.15, -0.1) is 10.2 Å². The average molecular weight is 1300 g/mol. The molecule has 16 N–H and O–H groups in total. The highest BCUT2D eigenvalue weighted by molar-refractivity contribution is 7.17. The fraction of sp³-hybridized carbons (Fsp3) is 0.571. The highest BCUT2D eigenvalue weighted by atomic mass is 32.1. The molecule has 0 spiro atoms. The molecule has 4 saturated heterocycles. The third-order valence-electron chi connectivity index (χ3n) is 18.2. The van der Waals surface area contributed by atoms with E-state index in [4.69, 9.17) is 16.2 Å². The summed E-state index contributed by atoms with van der Waals surface area (Å²) in [5.74, 6) is -7.79. The van der Waals surface area contributed by atoms with Crippen molar-refractivity contribution in [3.63, 3.8) is 0 Å². The standard InChI is InChI=1S/C63H87N13O15S/c1-33-4-13-40(14-5-33)73-21-23-74(24-22-73)41-15-11-39(12-16-41)61-72-71-60(92-61)38-9-7-37(8-10-38)55(84)67-44-28-42(78)30-66-59(88)53-54(83)34(2)31-76(53)63(90)52(47(81)18-19-64)70-58(87)51(48(82)26-36-6-17-46(80)49(27-36)91-25-20-65)69-57(86)45-29-43(79)32-75(45)62(89)50(35(3)77)68-56(44)85/h6-12,15-17,27,33-35,40,42-45,47-48,50-54,77-83H,4-5,13-14,18-26,28-32,64-65H2,1-3H3,(H,66,88)(H,67,84)(H,68,85)(H,69,86)(H,70,87)/t33?,34-,35+,40?,42+,43+,44?,45-,47+,48+,50-,51-,52-,53-,54-/m0/s1. The van der Waals surface area contributed by atoms with Crippen molar-refractivity contribution in [2.75, 3.05) is 70.4 Å². The quantitative estimate of drug-likeness (QED) is 0.0572. The first-order valence-electron chi connectivity index (χ1n) is 31.6. The average Bonchev–Trinajstić information content (AvgIpc) is 1.63. The van der Waals surface area contributed by atoms with Crippen molar-refractivity contribution in [1.29, 1.82) is 0 Å². The summed E-state index contributed by atoms with van der Waals surface area (Å²) in [5, 5.41) is 102. The number of hydrogen-bond acceptors (Lipinski definition) is 22. The van der Waals surface area contributed by atoms with E-state index in [0.717, 1.165) is 60.1 Å². The number of β-amino-alcohol motifs (C(OH)–C–C–N with tert-alkyl or cyclic N) is 1. The number of aromatic hydroxyl groups is 1. The van der Waals surface area contributed by atoms with E-state index in [2.05, 4.69) is 65.6 Å². The number of phenolic OH excluding ortho intramolecular Hbond substituents is 1. The molecular formula is C63H87N13O15S. The third kappa shape index (κ3) is 16.5. The van der Waals surface area contributed by atoms with Crippen LogP contribution < -0.4 is 47.7 Å². The Labute approximate surface area is 537 Å². The minimum atomic E-state index is -2.04. The van der Waals surface area contributed by atoms with Crippen LogP contribution >= 0.6 is 11.3 Å². The maximum Gasteiger partial charge on any atom is 0.251 e. The van der Waals surface area contributed by atoms with Gasteiger partial charge in [0.25, 0.3) is 5.91 Å². The van der Waals surface area contributed by atoms with E-state index in [1.54, 1.807) is 19.1 Å². The molecule has 28 nitrogen and oxygen atoms in total. The summed E-state index contributed by atoms with van der Waals surface area (Å²) in [4.78, 5) is 108. The lowest BCUT2D eigenvalue weighted by atomic mass is 9.86. The predicted molar refractivity (Wildman–Crippen MR) is 337 cm³/mol. The van der Waals surface area contributed by atoms with Gasteiger partial charge in [-0.1, -0.05) is 43.4 Å². The van der Waals surface area contributed by atoms with Crippen molar-refractivity contribution < 1.29 is 74.0 Å². The maximum absolute atomic E-state index is 14.7. The fourth-order valence-electron chi connectivity index (χ4n) is 12.8. The van der Waals surface area contributed by atoms with E-state index in [9.17, 15) is 69.3 Å². The Bertz CT molecular complexity index is 3220. The number of carbonyl (C=O) groups is 7. The van der Waals surface area contributed by atoms with E-state index < -0.39 is 152 Å². The lowest BCUT2D eigenvalue weighted by Gasteiger charge is -2.42. The van der Waals surface area contributed by atoms with Gasteiger partial charge in [-0.05, 0) is 106 Å². The second-order valence-electron chi connectivity index (χ2n) is 25.0. The number of benzene rings is 3. The molecule has 4 aromatic rings. The second-order valence-corrected chi connectivity index (χ2v) is 26.0. The van der Waals surface area contributed by atoms with Crippen LogP contribution in [0.25, 0.3) is 21.1 Å². The van der Waals surface area contributed by atoms with E-state index in [0.29, 0.717) is 21.6 Å². The molecule has 0 radical (unpaired) electrons. The zero-order chi connectivity index (χ0) is 66.1. The van der Waals surface area contributed by atoms with Gasteiger partial charge in [0, 0.05) is 106 Å². The molecule has 13 atom stereocenters. The van der Waals surface area contributed by atoms with Crippen LogP contribution in [0.15, 0.2) is 66.7 Å². The van der Waals surface area contributed by atoms with Crippen LogP contribution in [0.4, 0.5) is 5.69 Å². The SMILES string of the molecule is CC1CCC(N2CCN(c3ccc(-c4nnc(-c5ccc(C(=O)NC6C[C@@H](O)CNC(=O)[C@@H]7[C@@H](O)[C@@H](C)CN7C(=O)[C@H]([C@H](O)CCN)NC(=O)[C@H]([C@H](O)Cc7ccc(O)c(OCCN)c7)NC(=O)[C@@H]7C[C@@H](O)CN7C(=O)[C@H]([C@@H](C)O)NC6=O)cc5)s4)cc3)CC2)CC1. The zero-order valence-electron chi connectivity index (χ0n) is 51.9. The van der Waals surface area contributed by atoms with Gasteiger partial charge in [0.05, 0.1) is 36.6 Å². The first-order chi connectivity index (χ1) is 44.0. The van der Waals surface area contributed by atoms with Crippen LogP contribution in [0.2, 0.25) is 0 Å². The molecule has 1 aliphatic carbocycles. The molecule has 7 amide bonds. The number of carbonyl (C=O) groups excluding carboxylic acids is 7. The fourth-order valence-corrected chi connectivity index (χ4v) is 13.7. The Morgan fingerprint density at radius 1 is 0.717 bits per heavy atom. The maximum atomic E-state index is 14.7. The van der Waals surface area contributed by atoms with Gasteiger partial charge in [-0.2, -0.15) is 0 Å². The highest BCUT2D eigenvalue weighted by Crippen LogP contribution is 2.34. The van der Waals surface area contributed by atoms with Gasteiger partial charge in [0.1, 0.15) is 52.9 Å². The van der Waals surface area contributed by atoms with Crippen molar-refractivity contribution in [2.24, 2.45) is 23.3 Å². The summed E-state index contributed by atoms with van der Waals surface area (Å²) in [6, 6.07) is 8.26. The van der Waals surface area contributed by atoms with E-state index in [1.165, 1.54) is 67.4 Å². The Balaban J connectivity index is 0.949. The number of amides is 7. The monoisotopic (exact) mass is 1300 g/mol. The first-order valence-corrected chi connectivity index (χ1v) is 32.4. The molecule has 5 aliphatic rings. The molecule has 4 aliphatic heterocycles. The smallest absolute Gasteiger partial charge is 0.251 e. The molecule has 1 aromatic heterocycles. The molecule has 5 fully saturated rings. The number of nitrogens with one attached hydrogen (secondary N) is 5. The van der Waals surface area contributed by atoms with Crippen molar-refractivity contribution in [2.45, 2.75) is 151 Å². The van der Waals surface area contributed by atoms with E-state index >= 15 is 0 Å². The Morgan fingerprint density at radius 3 is 1.99 bits per heavy atom. The molecule has 5 heterocycles. The van der Waals surface area contributed by atoms with Crippen molar-refractivity contribution in [1.82, 2.24) is 51.5 Å². The third-order valence-corrected chi connectivity index (χ3v) is 19.2. The molecule has 500 valence electrons. The summed E-state index contributed by atoms with van der Waals surface area (Å²) in [7, 11) is 0. The number of ether oxygens (including phenoxy) is 1. The molecule has 1 unspecified atom stereocenters. The largest absolute Gasteiger partial charge is 0.504 e. The van der Waals surface area contributed by atoms with Gasteiger partial charge in [-0.3, -0.25) is 38.5 Å². The normalized spacial score (nSPS) is 28.6. The van der Waals surface area contributed by atoms with Gasteiger partial charge in [-0.25, -0.2) is 0 Å². The van der Waals surface area contributed by atoms with Crippen LogP contribution in [0, 0.1) is 11.8 Å². The highest BCUT2D eigenvalue weighted by Gasteiger charge is 2.50. The second kappa shape index (κ2) is 31.0. The first kappa shape index (κ1) is 68.9. The summed E-state index contributed by atoms with van der Waals surface area (Å²) >= 11 is 1.35. The summed E-state index contributed by atoms with van der Waals surface area (Å²) in [6.45, 7) is 7.43. The van der Waals surface area contributed by atoms with Crippen molar-refractivity contribution >= 4 is 58.4 Å². The molecule has 0 bridgehead atoms. The molecule has 1 saturated carbocycles. The number of aromatic nitrogens is 2. The number of nitrogens with two attached hydrogens (primary N) is 2. The van der Waals surface area contributed by atoms with Gasteiger partial charge >= 0.3 is 0 Å². The Kier molecular flexibility index (Phi) is 23.2. The molecule has 29 heteroatoms. The Hall–Kier alpha value is -7.45. The lowest BCUT2D eigenvalue weighted by Crippen LogP contribution is -2.64. The van der Waals surface area contributed by atoms with Gasteiger partial charge < -0.3 is 93.2 Å². The van der Waals surface area contributed by atoms with Crippen molar-refractivity contribution in [3.05, 3.63) is 77.9 Å². The van der Waals surface area contributed by atoms with E-state index in [1.807, 2.05) is 12.1 Å². The number of nitrogens with zero attached hydrogens (tertiary/aromatic N) is 6. The summed E-state index contributed by atoms with van der Waals surface area (Å²) in [6.07, 6.45) is -6.68. The van der Waals surface area contributed by atoms with Crippen LogP contribution in [0.3, 0.4) is 0 Å². The molecular weight excluding hydrogens is 1210 g/mol. The number of rotatable bonds is 16. The summed E-state index contributed by atoms with van der Waals surface area (Å²) in [5.41, 5.74) is 14.4. The van der Waals surface area contributed by atoms with Crippen LogP contribution in [0.1, 0.15) is 81.6 Å². The van der Waals surface area contributed by atoms with Gasteiger partial charge in [0.15, 0.2) is 11.5 Å². The minimum absolute atomic E-state index is 0.00306. The molecule has 9 rings (SSSR count). The number of aliphatic hydroxyl groups is 6. The van der Waals surface area contributed by atoms with Gasteiger partial charge in [0.2, 0.25) is 35.4 Å². The van der Waals surface area contributed by atoms with Crippen LogP contribution in [-0.2, 0) is 35.2 Å². The minimum Gasteiger partial charge on any atom is -0.504 e. The Morgan fingerprint density at radius 2 is 1.35 bits per heavy atom. The number of hydrogen-bond donors (Lipinski definition) is 14. The van der Waals surface area contributed by atoms with Crippen molar-refractivity contribution in [3.8, 4) is 32.6 Å². The molecule has 92 heavy (non-hydrogen) atoms. The number of fused-ring (bicyclic) bond motifs is 2. The zero-order valence-corrected chi connectivity index (χ0v) is 52.7.